The second kappa shape index (κ2) is 9.65. The Balaban J connectivity index is 1.21. The lowest BCUT2D eigenvalue weighted by atomic mass is 9.95. The third kappa shape index (κ3) is 4.80. The lowest BCUT2D eigenvalue weighted by molar-refractivity contribution is 0.0947. The van der Waals surface area contributed by atoms with Gasteiger partial charge >= 0.3 is 0 Å². The summed E-state index contributed by atoms with van der Waals surface area (Å²) in [5.41, 5.74) is 8.71. The van der Waals surface area contributed by atoms with Crippen molar-refractivity contribution < 1.29 is 4.79 Å². The van der Waals surface area contributed by atoms with Gasteiger partial charge in [-0.25, -0.2) is 0 Å². The number of fused-ring (bicyclic) bond motifs is 2. The van der Waals surface area contributed by atoms with E-state index in [0.29, 0.717) is 12.1 Å². The van der Waals surface area contributed by atoms with Gasteiger partial charge in [-0.1, -0.05) is 42.5 Å². The lowest BCUT2D eigenvalue weighted by Crippen LogP contribution is -2.38. The number of nitrogens with one attached hydrogen (secondary N) is 2. The molecule has 0 radical (unpaired) electrons. The Morgan fingerprint density at radius 3 is 2.76 bits per heavy atom. The van der Waals surface area contributed by atoms with Gasteiger partial charge in [-0.3, -0.25) is 14.7 Å². The fourth-order valence-electron chi connectivity index (χ4n) is 4.78. The maximum Gasteiger partial charge on any atom is 0.251 e. The van der Waals surface area contributed by atoms with Crippen molar-refractivity contribution in [3.8, 4) is 0 Å². The summed E-state index contributed by atoms with van der Waals surface area (Å²) in [6.45, 7) is 7.64. The Hall–Kier alpha value is -3.70. The number of rotatable bonds is 6. The van der Waals surface area contributed by atoms with E-state index in [4.69, 9.17) is 0 Å². The summed E-state index contributed by atoms with van der Waals surface area (Å²) in [5, 5.41) is 7.63. The van der Waals surface area contributed by atoms with Gasteiger partial charge in [-0.2, -0.15) is 0 Å². The van der Waals surface area contributed by atoms with Crippen LogP contribution in [0.5, 0.6) is 0 Å². The zero-order chi connectivity index (χ0) is 23.5. The second-order valence-corrected chi connectivity index (χ2v) is 9.03. The molecule has 0 saturated carbocycles. The molecule has 3 aromatic carbocycles. The largest absolute Gasteiger partial charge is 0.355 e. The van der Waals surface area contributed by atoms with Gasteiger partial charge in [0, 0.05) is 54.2 Å². The van der Waals surface area contributed by atoms with Gasteiger partial charge < -0.3 is 10.6 Å². The second-order valence-electron chi connectivity index (χ2n) is 9.03. The minimum Gasteiger partial charge on any atom is -0.355 e. The van der Waals surface area contributed by atoms with Crippen molar-refractivity contribution in [1.82, 2.24) is 15.2 Å². The van der Waals surface area contributed by atoms with Crippen LogP contribution in [0.25, 0.3) is 10.9 Å². The number of benzene rings is 3. The van der Waals surface area contributed by atoms with E-state index in [1.807, 2.05) is 55.5 Å². The van der Waals surface area contributed by atoms with Crippen LogP contribution >= 0.6 is 0 Å². The lowest BCUT2D eigenvalue weighted by Gasteiger charge is -2.29. The van der Waals surface area contributed by atoms with Gasteiger partial charge in [0.25, 0.3) is 5.91 Å². The molecule has 172 valence electrons. The number of carbonyl (C=O) groups is 1. The van der Waals surface area contributed by atoms with Crippen LogP contribution in [0, 0.1) is 13.8 Å². The van der Waals surface area contributed by atoms with Crippen LogP contribution in [0.1, 0.15) is 32.7 Å². The molecule has 0 fully saturated rings. The van der Waals surface area contributed by atoms with Gasteiger partial charge in [-0.05, 0) is 67.3 Å². The molecule has 5 heteroatoms. The molecular weight excluding hydrogens is 420 g/mol. The monoisotopic (exact) mass is 450 g/mol. The van der Waals surface area contributed by atoms with E-state index >= 15 is 0 Å². The highest BCUT2D eigenvalue weighted by Gasteiger charge is 2.17. The summed E-state index contributed by atoms with van der Waals surface area (Å²) in [7, 11) is 0. The molecule has 2 heterocycles. The van der Waals surface area contributed by atoms with Gasteiger partial charge in [0.2, 0.25) is 0 Å². The molecule has 0 unspecified atom stereocenters. The van der Waals surface area contributed by atoms with E-state index in [1.54, 1.807) is 0 Å². The number of aromatic nitrogens is 1. The van der Waals surface area contributed by atoms with Crippen molar-refractivity contribution in [1.29, 1.82) is 0 Å². The quantitative estimate of drug-likeness (QED) is 0.414. The van der Waals surface area contributed by atoms with Crippen LogP contribution in [0.15, 0.2) is 72.8 Å². The van der Waals surface area contributed by atoms with E-state index in [0.717, 1.165) is 54.0 Å². The van der Waals surface area contributed by atoms with Gasteiger partial charge in [0.1, 0.15) is 0 Å². The molecule has 0 saturated heterocycles. The maximum absolute atomic E-state index is 12.8. The normalized spacial score (nSPS) is 13.5. The highest BCUT2D eigenvalue weighted by atomic mass is 16.1. The Labute approximate surface area is 200 Å². The first-order chi connectivity index (χ1) is 16.6. The zero-order valence-electron chi connectivity index (χ0n) is 19.8. The van der Waals surface area contributed by atoms with Crippen LogP contribution in [0.2, 0.25) is 0 Å². The minimum absolute atomic E-state index is 0.0485. The van der Waals surface area contributed by atoms with Crippen molar-refractivity contribution in [3.63, 3.8) is 0 Å². The number of aryl methyl sites for hydroxylation is 2. The molecule has 34 heavy (non-hydrogen) atoms. The number of carbonyl (C=O) groups excluding carboxylic acids is 1. The van der Waals surface area contributed by atoms with E-state index in [-0.39, 0.29) is 5.91 Å². The summed E-state index contributed by atoms with van der Waals surface area (Å²) in [5.74, 6) is -0.0485. The van der Waals surface area contributed by atoms with Crippen LogP contribution < -0.4 is 10.6 Å². The van der Waals surface area contributed by atoms with Crippen molar-refractivity contribution in [2.24, 2.45) is 0 Å². The number of amides is 1. The number of hydrogen-bond acceptors (Lipinski definition) is 4. The number of pyridine rings is 1. The molecule has 0 atom stereocenters. The van der Waals surface area contributed by atoms with Gasteiger partial charge in [0.05, 0.1) is 5.52 Å². The maximum atomic E-state index is 12.8. The molecule has 0 aliphatic carbocycles. The molecular formula is C29H30N4O. The Kier molecular flexibility index (Phi) is 6.28. The molecule has 1 aliphatic rings. The summed E-state index contributed by atoms with van der Waals surface area (Å²) in [6.07, 6.45) is 1.08. The molecule has 1 aliphatic heterocycles. The third-order valence-corrected chi connectivity index (χ3v) is 6.54. The molecule has 5 nitrogen and oxygen atoms in total. The highest BCUT2D eigenvalue weighted by molar-refractivity contribution is 5.96. The van der Waals surface area contributed by atoms with Crippen molar-refractivity contribution >= 4 is 28.2 Å². The molecule has 0 spiro atoms. The Morgan fingerprint density at radius 2 is 1.85 bits per heavy atom. The van der Waals surface area contributed by atoms with E-state index in [1.165, 1.54) is 16.7 Å². The fraction of sp³-hybridized carbons (Fsp3) is 0.241. The average Bonchev–Trinajstić information content (AvgIpc) is 2.84. The third-order valence-electron chi connectivity index (χ3n) is 6.54. The molecule has 4 aromatic rings. The predicted molar refractivity (Wildman–Crippen MR) is 139 cm³/mol. The van der Waals surface area contributed by atoms with E-state index in [9.17, 15) is 4.79 Å². The van der Waals surface area contributed by atoms with Crippen LogP contribution in [-0.4, -0.2) is 35.4 Å². The van der Waals surface area contributed by atoms with Crippen LogP contribution in [-0.2, 0) is 13.0 Å². The van der Waals surface area contributed by atoms with Gasteiger partial charge in [-0.15, -0.1) is 0 Å². The van der Waals surface area contributed by atoms with Crippen LogP contribution in [0.4, 0.5) is 11.4 Å². The number of anilines is 2. The number of hydrogen-bond donors (Lipinski definition) is 2. The predicted octanol–water partition coefficient (Wildman–Crippen LogP) is 5.38. The van der Waals surface area contributed by atoms with Gasteiger partial charge in [0.15, 0.2) is 0 Å². The summed E-state index contributed by atoms with van der Waals surface area (Å²) in [4.78, 5) is 19.9. The summed E-state index contributed by atoms with van der Waals surface area (Å²) >= 11 is 0. The van der Waals surface area contributed by atoms with Crippen molar-refractivity contribution in [2.45, 2.75) is 26.8 Å². The number of para-hydroxylation sites is 1. The van der Waals surface area contributed by atoms with Crippen LogP contribution in [0.3, 0.4) is 0 Å². The molecule has 2 N–H and O–H groups in total. The van der Waals surface area contributed by atoms with Crippen molar-refractivity contribution in [3.05, 3.63) is 101 Å². The first kappa shape index (κ1) is 22.1. The summed E-state index contributed by atoms with van der Waals surface area (Å²) in [6, 6.07) is 24.3. The molecule has 1 aromatic heterocycles. The number of nitrogens with zero attached hydrogens (tertiary/aromatic N) is 2. The standard InChI is InChI=1S/C29H30N4O/c1-20-7-5-9-23-19-33(15-13-25(20)23)16-14-30-29(34)22-8-6-10-24(18-22)32-28-17-21(2)31-27-12-4-3-11-26(27)28/h3-12,17-18H,13-16,19H2,1-2H3,(H,30,34)(H,31,32). The molecule has 5 rings (SSSR count). The van der Waals surface area contributed by atoms with Crippen molar-refractivity contribution in [2.75, 3.05) is 25.0 Å². The van der Waals surface area contributed by atoms with E-state index < -0.39 is 0 Å². The topological polar surface area (TPSA) is 57.3 Å². The SMILES string of the molecule is Cc1cc(Nc2cccc(C(=O)NCCN3CCc4c(C)cccc4C3)c2)c2ccccc2n1. The average molecular weight is 451 g/mol. The zero-order valence-corrected chi connectivity index (χ0v) is 19.8. The fourth-order valence-corrected chi connectivity index (χ4v) is 4.78. The Morgan fingerprint density at radius 1 is 1.00 bits per heavy atom. The first-order valence-corrected chi connectivity index (χ1v) is 11.9. The Bertz CT molecular complexity index is 1350. The summed E-state index contributed by atoms with van der Waals surface area (Å²) < 4.78 is 0. The smallest absolute Gasteiger partial charge is 0.251 e. The first-order valence-electron chi connectivity index (χ1n) is 11.9. The molecule has 1 amide bonds. The highest BCUT2D eigenvalue weighted by Crippen LogP contribution is 2.27. The van der Waals surface area contributed by atoms with E-state index in [2.05, 4.69) is 51.7 Å². The minimum atomic E-state index is -0.0485. The molecule has 0 bridgehead atoms.